The molecule has 0 spiro atoms. The summed E-state index contributed by atoms with van der Waals surface area (Å²) < 4.78 is 28.0. The second kappa shape index (κ2) is 7.78. The van der Waals surface area contributed by atoms with Crippen LogP contribution in [-0.2, 0) is 0 Å². The Labute approximate surface area is 151 Å². The molecule has 1 saturated heterocycles. The fraction of sp³-hybridized carbons (Fsp3) is 0.368. The van der Waals surface area contributed by atoms with E-state index in [9.17, 15) is 13.6 Å². The lowest BCUT2D eigenvalue weighted by molar-refractivity contribution is 0.101. The lowest BCUT2D eigenvalue weighted by atomic mass is 10.1. The molecule has 0 bridgehead atoms. The first kappa shape index (κ1) is 18.3. The minimum Gasteiger partial charge on any atom is -0.357 e. The molecule has 1 fully saturated rings. The first-order valence-corrected chi connectivity index (χ1v) is 8.64. The maximum absolute atomic E-state index is 14.1. The number of hydrogen-bond donors (Lipinski definition) is 2. The molecule has 3 rings (SSSR count). The van der Waals surface area contributed by atoms with Gasteiger partial charge in [-0.15, -0.1) is 0 Å². The van der Waals surface area contributed by atoms with Crippen LogP contribution in [0.5, 0.6) is 0 Å². The van der Waals surface area contributed by atoms with Crippen molar-refractivity contribution < 1.29 is 13.6 Å². The van der Waals surface area contributed by atoms with Crippen LogP contribution in [0, 0.1) is 18.6 Å². The van der Waals surface area contributed by atoms with Crippen LogP contribution in [0.3, 0.4) is 0 Å². The van der Waals surface area contributed by atoms with Crippen LogP contribution in [0.25, 0.3) is 0 Å². The number of aromatic nitrogens is 1. The van der Waals surface area contributed by atoms with Crippen LogP contribution in [-0.4, -0.2) is 37.1 Å². The molecule has 7 heteroatoms. The highest BCUT2D eigenvalue weighted by Gasteiger charge is 2.21. The number of pyridine rings is 1. The van der Waals surface area contributed by atoms with E-state index in [0.717, 1.165) is 32.0 Å². The van der Waals surface area contributed by atoms with E-state index >= 15 is 0 Å². The molecule has 5 nitrogen and oxygen atoms in total. The van der Waals surface area contributed by atoms with E-state index in [0.29, 0.717) is 11.9 Å². The molecule has 2 heterocycles. The first-order valence-electron chi connectivity index (χ1n) is 8.64. The molecule has 0 aliphatic carbocycles. The second-order valence-corrected chi connectivity index (χ2v) is 6.48. The smallest absolute Gasteiger partial charge is 0.262 e. The van der Waals surface area contributed by atoms with Gasteiger partial charge in [0, 0.05) is 13.1 Å². The summed E-state index contributed by atoms with van der Waals surface area (Å²) in [5.74, 6) is -1.63. The van der Waals surface area contributed by atoms with E-state index in [4.69, 9.17) is 0 Å². The van der Waals surface area contributed by atoms with Crippen molar-refractivity contribution in [3.05, 3.63) is 53.1 Å². The van der Waals surface area contributed by atoms with Crippen molar-refractivity contribution in [3.63, 3.8) is 0 Å². The Morgan fingerprint density at radius 1 is 1.23 bits per heavy atom. The van der Waals surface area contributed by atoms with Gasteiger partial charge in [0.25, 0.3) is 5.91 Å². The minimum atomic E-state index is -0.895. The standard InChI is InChI=1S/C19H22F2N4O/c1-12-6-7-14(20)17(18(12)21)19(26)24-15-4-3-5-16(23-15)25(2)13-8-10-22-11-9-13/h3-7,13,22H,8-11H2,1-2H3,(H,23,24,26). The zero-order valence-corrected chi connectivity index (χ0v) is 14.9. The number of halogens is 2. The van der Waals surface area contributed by atoms with Crippen LogP contribution in [0.1, 0.15) is 28.8 Å². The second-order valence-electron chi connectivity index (χ2n) is 6.48. The normalized spacial score (nSPS) is 14.9. The molecular formula is C19H22F2N4O. The number of nitrogens with one attached hydrogen (secondary N) is 2. The molecule has 0 saturated carbocycles. The molecule has 26 heavy (non-hydrogen) atoms. The molecule has 0 atom stereocenters. The van der Waals surface area contributed by atoms with Crippen LogP contribution in [0.2, 0.25) is 0 Å². The zero-order chi connectivity index (χ0) is 18.7. The first-order chi connectivity index (χ1) is 12.5. The Morgan fingerprint density at radius 2 is 1.96 bits per heavy atom. The Morgan fingerprint density at radius 3 is 2.69 bits per heavy atom. The zero-order valence-electron chi connectivity index (χ0n) is 14.9. The molecule has 1 aliphatic rings. The maximum Gasteiger partial charge on any atom is 0.262 e. The monoisotopic (exact) mass is 360 g/mol. The molecule has 1 amide bonds. The highest BCUT2D eigenvalue weighted by atomic mass is 19.1. The Bertz CT molecular complexity index is 806. The number of piperidine rings is 1. The number of benzene rings is 1. The number of amides is 1. The van der Waals surface area contributed by atoms with Crippen LogP contribution < -0.4 is 15.5 Å². The Hall–Kier alpha value is -2.54. The predicted octanol–water partition coefficient (Wildman–Crippen LogP) is 3.11. The molecule has 1 aromatic heterocycles. The third-order valence-electron chi connectivity index (χ3n) is 4.71. The molecule has 2 N–H and O–H groups in total. The largest absolute Gasteiger partial charge is 0.357 e. The van der Waals surface area contributed by atoms with E-state index in [1.54, 1.807) is 12.1 Å². The van der Waals surface area contributed by atoms with Crippen molar-refractivity contribution in [2.45, 2.75) is 25.8 Å². The lowest BCUT2D eigenvalue weighted by Crippen LogP contribution is -2.41. The van der Waals surface area contributed by atoms with Crippen molar-refractivity contribution >= 4 is 17.5 Å². The van der Waals surface area contributed by atoms with E-state index in [1.165, 1.54) is 13.0 Å². The van der Waals surface area contributed by atoms with E-state index in [-0.39, 0.29) is 11.4 Å². The van der Waals surface area contributed by atoms with Gasteiger partial charge in [0.15, 0.2) is 0 Å². The van der Waals surface area contributed by atoms with Crippen LogP contribution in [0.15, 0.2) is 30.3 Å². The van der Waals surface area contributed by atoms with Crippen molar-refractivity contribution in [1.82, 2.24) is 10.3 Å². The van der Waals surface area contributed by atoms with Gasteiger partial charge in [0.05, 0.1) is 0 Å². The molecule has 0 unspecified atom stereocenters. The van der Waals surface area contributed by atoms with Crippen molar-refractivity contribution in [3.8, 4) is 0 Å². The third kappa shape index (κ3) is 3.83. The number of anilines is 2. The number of hydrogen-bond acceptors (Lipinski definition) is 4. The number of nitrogens with zero attached hydrogens (tertiary/aromatic N) is 2. The van der Waals surface area contributed by atoms with E-state index < -0.39 is 23.1 Å². The number of carbonyl (C=O) groups excluding carboxylic acids is 1. The van der Waals surface area contributed by atoms with Gasteiger partial charge in [-0.2, -0.15) is 0 Å². The van der Waals surface area contributed by atoms with Gasteiger partial charge in [-0.3, -0.25) is 4.79 Å². The van der Waals surface area contributed by atoms with E-state index in [2.05, 4.69) is 20.5 Å². The Balaban J connectivity index is 1.78. The summed E-state index contributed by atoms with van der Waals surface area (Å²) in [4.78, 5) is 18.8. The maximum atomic E-state index is 14.1. The van der Waals surface area contributed by atoms with Gasteiger partial charge in [-0.05, 0) is 56.6 Å². The summed E-state index contributed by atoms with van der Waals surface area (Å²) in [6.07, 6.45) is 2.02. The average Bonchev–Trinajstić information content (AvgIpc) is 2.65. The molecule has 2 aromatic rings. The van der Waals surface area contributed by atoms with Crippen LogP contribution in [0.4, 0.5) is 20.4 Å². The number of carbonyl (C=O) groups is 1. The summed E-state index contributed by atoms with van der Waals surface area (Å²) in [6.45, 7) is 3.40. The summed E-state index contributed by atoms with van der Waals surface area (Å²) in [6, 6.07) is 7.96. The molecule has 0 radical (unpaired) electrons. The summed E-state index contributed by atoms with van der Waals surface area (Å²) in [5.41, 5.74) is -0.382. The lowest BCUT2D eigenvalue weighted by Gasteiger charge is -2.32. The van der Waals surface area contributed by atoms with Crippen molar-refractivity contribution in [1.29, 1.82) is 0 Å². The molecule has 138 valence electrons. The average molecular weight is 360 g/mol. The highest BCUT2D eigenvalue weighted by Crippen LogP contribution is 2.21. The quantitative estimate of drug-likeness (QED) is 0.880. The van der Waals surface area contributed by atoms with Gasteiger partial charge >= 0.3 is 0 Å². The molecule has 1 aliphatic heterocycles. The minimum absolute atomic E-state index is 0.212. The van der Waals surface area contributed by atoms with Gasteiger partial charge in [0.1, 0.15) is 28.8 Å². The SMILES string of the molecule is Cc1ccc(F)c(C(=O)Nc2cccc(N(C)C3CCNCC3)n2)c1F. The molecule has 1 aromatic carbocycles. The Kier molecular flexibility index (Phi) is 5.46. The third-order valence-corrected chi connectivity index (χ3v) is 4.71. The van der Waals surface area contributed by atoms with Gasteiger partial charge in [0.2, 0.25) is 0 Å². The van der Waals surface area contributed by atoms with Crippen molar-refractivity contribution in [2.24, 2.45) is 0 Å². The molecular weight excluding hydrogens is 338 g/mol. The summed E-state index contributed by atoms with van der Waals surface area (Å²) >= 11 is 0. The fourth-order valence-corrected chi connectivity index (χ4v) is 3.11. The topological polar surface area (TPSA) is 57.3 Å². The highest BCUT2D eigenvalue weighted by molar-refractivity contribution is 6.04. The summed E-state index contributed by atoms with van der Waals surface area (Å²) in [7, 11) is 1.96. The van der Waals surface area contributed by atoms with E-state index in [1.807, 2.05) is 13.1 Å². The number of rotatable bonds is 4. The van der Waals surface area contributed by atoms with Crippen molar-refractivity contribution in [2.75, 3.05) is 30.4 Å². The summed E-state index contributed by atoms with van der Waals surface area (Å²) in [5, 5.41) is 5.81. The van der Waals surface area contributed by atoms with Gasteiger partial charge in [-0.1, -0.05) is 12.1 Å². The predicted molar refractivity (Wildman–Crippen MR) is 97.6 cm³/mol. The number of aryl methyl sites for hydroxylation is 1. The van der Waals surface area contributed by atoms with Crippen LogP contribution >= 0.6 is 0 Å². The fourth-order valence-electron chi connectivity index (χ4n) is 3.11. The van der Waals surface area contributed by atoms with Gasteiger partial charge in [-0.25, -0.2) is 13.8 Å². The van der Waals surface area contributed by atoms with Gasteiger partial charge < -0.3 is 15.5 Å².